The van der Waals surface area contributed by atoms with Crippen LogP contribution in [0.3, 0.4) is 0 Å². The van der Waals surface area contributed by atoms with Gasteiger partial charge >= 0.3 is 0 Å². The molecule has 0 bridgehead atoms. The number of likely N-dealkylation sites (tertiary alicyclic amines) is 1. The third-order valence-corrected chi connectivity index (χ3v) is 3.16. The molecule has 6 nitrogen and oxygen atoms in total. The van der Waals surface area contributed by atoms with Gasteiger partial charge in [-0.3, -0.25) is 9.59 Å². The molecule has 0 radical (unpaired) electrons. The van der Waals surface area contributed by atoms with Crippen molar-refractivity contribution in [3.05, 3.63) is 24.2 Å². The molecule has 1 fully saturated rings. The molecule has 1 unspecified atom stereocenters. The molecule has 19 heavy (non-hydrogen) atoms. The Bertz CT molecular complexity index is 430. The third-order valence-electron chi connectivity index (χ3n) is 3.16. The molecule has 0 saturated carbocycles. The molecule has 1 aliphatic rings. The number of rotatable bonds is 4. The second kappa shape index (κ2) is 6.38. The number of hydrogen-bond acceptors (Lipinski definition) is 4. The molecule has 0 aliphatic carbocycles. The van der Waals surface area contributed by atoms with E-state index < -0.39 is 6.10 Å². The fourth-order valence-corrected chi connectivity index (χ4v) is 2.06. The summed E-state index contributed by atoms with van der Waals surface area (Å²) in [5.41, 5.74) is 0.871. The molecule has 6 heteroatoms. The van der Waals surface area contributed by atoms with Crippen molar-refractivity contribution < 1.29 is 19.1 Å². The Labute approximate surface area is 111 Å². The summed E-state index contributed by atoms with van der Waals surface area (Å²) in [6.45, 7) is 0.892. The largest absolute Gasteiger partial charge is 0.472 e. The molecule has 1 aromatic heterocycles. The maximum Gasteiger partial charge on any atom is 0.251 e. The van der Waals surface area contributed by atoms with Crippen molar-refractivity contribution in [2.45, 2.75) is 31.9 Å². The van der Waals surface area contributed by atoms with Gasteiger partial charge in [0.2, 0.25) is 5.91 Å². The topological polar surface area (TPSA) is 82.8 Å². The van der Waals surface area contributed by atoms with E-state index in [0.29, 0.717) is 19.5 Å². The lowest BCUT2D eigenvalue weighted by Crippen LogP contribution is -2.44. The molecule has 0 aromatic carbocycles. The van der Waals surface area contributed by atoms with Crippen LogP contribution in [0, 0.1) is 0 Å². The summed E-state index contributed by atoms with van der Waals surface area (Å²) >= 11 is 0. The summed E-state index contributed by atoms with van der Waals surface area (Å²) in [6, 6.07) is 1.77. The summed E-state index contributed by atoms with van der Waals surface area (Å²) in [5, 5.41) is 12.3. The lowest BCUT2D eigenvalue weighted by Gasteiger charge is -2.21. The zero-order valence-electron chi connectivity index (χ0n) is 10.7. The van der Waals surface area contributed by atoms with Gasteiger partial charge in [-0.25, -0.2) is 0 Å². The van der Waals surface area contributed by atoms with Crippen molar-refractivity contribution in [3.63, 3.8) is 0 Å². The molecule has 1 atom stereocenters. The van der Waals surface area contributed by atoms with Crippen LogP contribution in [0.2, 0.25) is 0 Å². The normalized spacial score (nSPS) is 20.2. The Morgan fingerprint density at radius 3 is 3.11 bits per heavy atom. The predicted molar refractivity (Wildman–Crippen MR) is 67.0 cm³/mol. The smallest absolute Gasteiger partial charge is 0.251 e. The van der Waals surface area contributed by atoms with Gasteiger partial charge in [-0.05, 0) is 25.3 Å². The molecular formula is C13H18N2O4. The highest BCUT2D eigenvalue weighted by Crippen LogP contribution is 2.11. The van der Waals surface area contributed by atoms with Crippen molar-refractivity contribution >= 4 is 11.8 Å². The van der Waals surface area contributed by atoms with Gasteiger partial charge in [-0.15, -0.1) is 0 Å². The molecule has 0 spiro atoms. The van der Waals surface area contributed by atoms with Crippen molar-refractivity contribution in [1.29, 1.82) is 0 Å². The van der Waals surface area contributed by atoms with Gasteiger partial charge in [0.15, 0.2) is 0 Å². The van der Waals surface area contributed by atoms with Gasteiger partial charge in [0.05, 0.1) is 19.1 Å². The van der Waals surface area contributed by atoms with Crippen molar-refractivity contribution in [1.82, 2.24) is 10.2 Å². The number of furan rings is 1. The van der Waals surface area contributed by atoms with Gasteiger partial charge < -0.3 is 19.7 Å². The average Bonchev–Trinajstić information content (AvgIpc) is 2.87. The average molecular weight is 266 g/mol. The fraction of sp³-hybridized carbons (Fsp3) is 0.538. The number of nitrogens with zero attached hydrogens (tertiary/aromatic N) is 1. The van der Waals surface area contributed by atoms with Crippen LogP contribution in [0.1, 0.15) is 24.8 Å². The summed E-state index contributed by atoms with van der Waals surface area (Å²) in [4.78, 5) is 25.0. The van der Waals surface area contributed by atoms with E-state index in [1.54, 1.807) is 12.3 Å². The highest BCUT2D eigenvalue weighted by atomic mass is 16.3. The van der Waals surface area contributed by atoms with Crippen molar-refractivity contribution in [2.75, 3.05) is 13.1 Å². The SMILES string of the molecule is O=C(CN1CCCCC(O)C1=O)NCc1ccoc1. The third kappa shape index (κ3) is 3.82. The molecule has 1 saturated heterocycles. The number of nitrogens with one attached hydrogen (secondary N) is 1. The second-order valence-electron chi connectivity index (χ2n) is 4.68. The van der Waals surface area contributed by atoms with Gasteiger partial charge in [-0.2, -0.15) is 0 Å². The number of hydrogen-bond donors (Lipinski definition) is 2. The van der Waals surface area contributed by atoms with E-state index in [4.69, 9.17) is 4.42 Å². The van der Waals surface area contributed by atoms with Crippen LogP contribution in [0.4, 0.5) is 0 Å². The Balaban J connectivity index is 1.81. The minimum atomic E-state index is -0.968. The summed E-state index contributed by atoms with van der Waals surface area (Å²) < 4.78 is 4.90. The lowest BCUT2D eigenvalue weighted by molar-refractivity contribution is -0.142. The van der Waals surface area contributed by atoms with E-state index in [9.17, 15) is 14.7 Å². The highest BCUT2D eigenvalue weighted by molar-refractivity contribution is 5.87. The Kier molecular flexibility index (Phi) is 4.57. The quantitative estimate of drug-likeness (QED) is 0.819. The van der Waals surface area contributed by atoms with Crippen LogP contribution in [-0.4, -0.2) is 41.0 Å². The van der Waals surface area contributed by atoms with E-state index in [1.165, 1.54) is 11.2 Å². The Hall–Kier alpha value is -1.82. The van der Waals surface area contributed by atoms with Gasteiger partial charge in [-0.1, -0.05) is 0 Å². The van der Waals surface area contributed by atoms with Gasteiger partial charge in [0.1, 0.15) is 6.10 Å². The summed E-state index contributed by atoms with van der Waals surface area (Å²) in [7, 11) is 0. The molecule has 1 aromatic rings. The molecule has 2 amide bonds. The maximum absolute atomic E-state index is 11.8. The lowest BCUT2D eigenvalue weighted by atomic mass is 10.2. The highest BCUT2D eigenvalue weighted by Gasteiger charge is 2.26. The first-order valence-electron chi connectivity index (χ1n) is 6.41. The van der Waals surface area contributed by atoms with Gasteiger partial charge in [0.25, 0.3) is 5.91 Å². The van der Waals surface area contributed by atoms with Crippen LogP contribution < -0.4 is 5.32 Å². The van der Waals surface area contributed by atoms with E-state index in [2.05, 4.69) is 5.32 Å². The summed E-state index contributed by atoms with van der Waals surface area (Å²) in [6.07, 6.45) is 4.23. The van der Waals surface area contributed by atoms with Crippen LogP contribution in [-0.2, 0) is 16.1 Å². The molecular weight excluding hydrogens is 248 g/mol. The first kappa shape index (κ1) is 13.6. The van der Waals surface area contributed by atoms with E-state index in [-0.39, 0.29) is 18.4 Å². The van der Waals surface area contributed by atoms with Crippen molar-refractivity contribution in [2.24, 2.45) is 0 Å². The molecule has 2 rings (SSSR count). The molecule has 104 valence electrons. The first-order valence-corrected chi connectivity index (χ1v) is 6.41. The molecule has 2 N–H and O–H groups in total. The zero-order chi connectivity index (χ0) is 13.7. The van der Waals surface area contributed by atoms with E-state index >= 15 is 0 Å². The van der Waals surface area contributed by atoms with Crippen LogP contribution >= 0.6 is 0 Å². The monoisotopic (exact) mass is 266 g/mol. The first-order chi connectivity index (χ1) is 9.16. The number of carbonyl (C=O) groups is 2. The molecule has 2 heterocycles. The molecule has 1 aliphatic heterocycles. The number of carbonyl (C=O) groups excluding carboxylic acids is 2. The van der Waals surface area contributed by atoms with Crippen LogP contribution in [0.25, 0.3) is 0 Å². The Morgan fingerprint density at radius 1 is 1.53 bits per heavy atom. The number of aliphatic hydroxyl groups excluding tert-OH is 1. The van der Waals surface area contributed by atoms with Crippen LogP contribution in [0.5, 0.6) is 0 Å². The second-order valence-corrected chi connectivity index (χ2v) is 4.68. The standard InChI is InChI=1S/C13H18N2O4/c16-11-3-1-2-5-15(13(11)18)8-12(17)14-7-10-4-6-19-9-10/h4,6,9,11,16H,1-3,5,7-8H2,(H,14,17). The van der Waals surface area contributed by atoms with E-state index in [1.807, 2.05) is 0 Å². The number of aliphatic hydroxyl groups is 1. The zero-order valence-corrected chi connectivity index (χ0v) is 10.7. The Morgan fingerprint density at radius 2 is 2.37 bits per heavy atom. The van der Waals surface area contributed by atoms with E-state index in [0.717, 1.165) is 18.4 Å². The minimum absolute atomic E-state index is 0.00621. The van der Waals surface area contributed by atoms with Crippen LogP contribution in [0.15, 0.2) is 23.0 Å². The predicted octanol–water partition coefficient (Wildman–Crippen LogP) is 0.269. The van der Waals surface area contributed by atoms with Crippen molar-refractivity contribution in [3.8, 4) is 0 Å². The summed E-state index contributed by atoms with van der Waals surface area (Å²) in [5.74, 6) is -0.584. The minimum Gasteiger partial charge on any atom is -0.472 e. The fourth-order valence-electron chi connectivity index (χ4n) is 2.06. The number of amides is 2. The van der Waals surface area contributed by atoms with Gasteiger partial charge in [0, 0.05) is 18.7 Å². The maximum atomic E-state index is 11.8.